The van der Waals surface area contributed by atoms with Crippen molar-refractivity contribution in [2.45, 2.75) is 26.1 Å². The van der Waals surface area contributed by atoms with Crippen LogP contribution in [-0.2, 0) is 24.4 Å². The summed E-state index contributed by atoms with van der Waals surface area (Å²) in [7, 11) is 0. The number of rotatable bonds is 7. The molecular formula is C22H22ClN5O2. The molecule has 1 aromatic heterocycles. The van der Waals surface area contributed by atoms with E-state index in [0.29, 0.717) is 37.6 Å². The lowest BCUT2D eigenvalue weighted by Gasteiger charge is -2.16. The summed E-state index contributed by atoms with van der Waals surface area (Å²) in [6.45, 7) is 2.22. The fourth-order valence-corrected chi connectivity index (χ4v) is 3.69. The molecule has 1 fully saturated rings. The summed E-state index contributed by atoms with van der Waals surface area (Å²) in [4.78, 5) is 26.5. The largest absolute Gasteiger partial charge is 0.347 e. The maximum Gasteiger partial charge on any atom is 0.273 e. The predicted octanol–water partition coefficient (Wildman–Crippen LogP) is 2.91. The molecule has 1 aliphatic heterocycles. The van der Waals surface area contributed by atoms with Gasteiger partial charge in [-0.2, -0.15) is 0 Å². The van der Waals surface area contributed by atoms with E-state index in [1.54, 1.807) is 23.0 Å². The van der Waals surface area contributed by atoms with E-state index in [0.717, 1.165) is 11.1 Å². The zero-order valence-electron chi connectivity index (χ0n) is 16.4. The highest BCUT2D eigenvalue weighted by Gasteiger charge is 2.30. The molecule has 2 aromatic carbocycles. The lowest BCUT2D eigenvalue weighted by atomic mass is 10.1. The third-order valence-corrected chi connectivity index (χ3v) is 5.35. The quantitative estimate of drug-likeness (QED) is 0.633. The Bertz CT molecular complexity index is 1020. The standard InChI is InChI=1S/C22H22ClN5O2/c23-19-8-6-16(7-9-19)11-24-22(30)20-15-28(26-25-20)14-18-10-21(29)27(13-18)12-17-4-2-1-3-5-17/h1-9,15,18H,10-14H2,(H,24,30). The highest BCUT2D eigenvalue weighted by atomic mass is 35.5. The summed E-state index contributed by atoms with van der Waals surface area (Å²) in [5.74, 6) is 0.00203. The number of halogens is 1. The number of aromatic nitrogens is 3. The fraction of sp³-hybridized carbons (Fsp3) is 0.273. The van der Waals surface area contributed by atoms with Crippen LogP contribution < -0.4 is 5.32 Å². The van der Waals surface area contributed by atoms with Gasteiger partial charge >= 0.3 is 0 Å². The zero-order chi connectivity index (χ0) is 20.9. The van der Waals surface area contributed by atoms with E-state index in [2.05, 4.69) is 15.6 Å². The van der Waals surface area contributed by atoms with Crippen LogP contribution in [0.4, 0.5) is 0 Å². The van der Waals surface area contributed by atoms with E-state index < -0.39 is 0 Å². The maximum atomic E-state index is 12.3. The molecule has 1 aliphatic rings. The van der Waals surface area contributed by atoms with E-state index in [-0.39, 0.29) is 23.4 Å². The molecule has 0 bridgehead atoms. The number of amides is 2. The van der Waals surface area contributed by atoms with E-state index in [1.165, 1.54) is 0 Å². The minimum absolute atomic E-state index is 0.143. The van der Waals surface area contributed by atoms with Gasteiger partial charge in [0.05, 0.1) is 6.20 Å². The molecule has 1 unspecified atom stereocenters. The second-order valence-electron chi connectivity index (χ2n) is 7.46. The van der Waals surface area contributed by atoms with Crippen molar-refractivity contribution in [3.05, 3.63) is 82.6 Å². The summed E-state index contributed by atoms with van der Waals surface area (Å²) in [5.41, 5.74) is 2.32. The van der Waals surface area contributed by atoms with Crippen molar-refractivity contribution in [1.29, 1.82) is 0 Å². The number of benzene rings is 2. The van der Waals surface area contributed by atoms with Crippen molar-refractivity contribution in [3.63, 3.8) is 0 Å². The maximum absolute atomic E-state index is 12.3. The monoisotopic (exact) mass is 423 g/mol. The van der Waals surface area contributed by atoms with Gasteiger partial charge in [0.15, 0.2) is 5.69 Å². The molecular weight excluding hydrogens is 402 g/mol. The van der Waals surface area contributed by atoms with Crippen molar-refractivity contribution < 1.29 is 9.59 Å². The van der Waals surface area contributed by atoms with Crippen molar-refractivity contribution in [2.24, 2.45) is 5.92 Å². The van der Waals surface area contributed by atoms with Gasteiger partial charge in [0.2, 0.25) is 5.91 Å². The Kier molecular flexibility index (Phi) is 6.09. The van der Waals surface area contributed by atoms with Gasteiger partial charge in [-0.05, 0) is 23.3 Å². The van der Waals surface area contributed by atoms with Crippen LogP contribution in [0.2, 0.25) is 5.02 Å². The number of hydrogen-bond donors (Lipinski definition) is 1. The molecule has 1 atom stereocenters. The Hall–Kier alpha value is -3.19. The SMILES string of the molecule is O=C(NCc1ccc(Cl)cc1)c1cn(CC2CC(=O)N(Cc3ccccc3)C2)nn1. The van der Waals surface area contributed by atoms with E-state index in [1.807, 2.05) is 47.4 Å². The van der Waals surface area contributed by atoms with Gasteiger partial charge in [0, 0.05) is 43.5 Å². The lowest BCUT2D eigenvalue weighted by molar-refractivity contribution is -0.128. The van der Waals surface area contributed by atoms with Crippen LogP contribution in [-0.4, -0.2) is 38.3 Å². The smallest absolute Gasteiger partial charge is 0.273 e. The summed E-state index contributed by atoms with van der Waals surface area (Å²) in [6, 6.07) is 17.2. The van der Waals surface area contributed by atoms with Crippen LogP contribution >= 0.6 is 11.6 Å². The zero-order valence-corrected chi connectivity index (χ0v) is 17.1. The lowest BCUT2D eigenvalue weighted by Crippen LogP contribution is -2.25. The summed E-state index contributed by atoms with van der Waals surface area (Å²) < 4.78 is 1.64. The Morgan fingerprint density at radius 2 is 1.87 bits per heavy atom. The number of carbonyl (C=O) groups excluding carboxylic acids is 2. The van der Waals surface area contributed by atoms with Gasteiger partial charge in [-0.1, -0.05) is 59.3 Å². The summed E-state index contributed by atoms with van der Waals surface area (Å²) in [5, 5.41) is 11.5. The van der Waals surface area contributed by atoms with Crippen LogP contribution in [0, 0.1) is 5.92 Å². The second kappa shape index (κ2) is 9.09. The van der Waals surface area contributed by atoms with Crippen LogP contribution in [0.25, 0.3) is 0 Å². The van der Waals surface area contributed by atoms with E-state index >= 15 is 0 Å². The topological polar surface area (TPSA) is 80.1 Å². The van der Waals surface area contributed by atoms with Crippen LogP contribution in [0.15, 0.2) is 60.8 Å². The van der Waals surface area contributed by atoms with Gasteiger partial charge in [-0.25, -0.2) is 0 Å². The van der Waals surface area contributed by atoms with Crippen LogP contribution in [0.3, 0.4) is 0 Å². The minimum Gasteiger partial charge on any atom is -0.347 e. The van der Waals surface area contributed by atoms with Crippen molar-refractivity contribution >= 4 is 23.4 Å². The molecule has 0 saturated carbocycles. The Balaban J connectivity index is 1.29. The second-order valence-corrected chi connectivity index (χ2v) is 7.90. The minimum atomic E-state index is -0.288. The average molecular weight is 424 g/mol. The molecule has 3 aromatic rings. The average Bonchev–Trinajstić information content (AvgIpc) is 3.35. The number of nitrogens with one attached hydrogen (secondary N) is 1. The van der Waals surface area contributed by atoms with Crippen molar-refractivity contribution in [1.82, 2.24) is 25.2 Å². The number of carbonyl (C=O) groups is 2. The Labute approximate surface area is 179 Å². The first-order valence-corrected chi connectivity index (χ1v) is 10.2. The molecule has 1 saturated heterocycles. The molecule has 2 heterocycles. The molecule has 0 aliphatic carbocycles. The molecule has 2 amide bonds. The highest BCUT2D eigenvalue weighted by Crippen LogP contribution is 2.21. The third kappa shape index (κ3) is 5.04. The molecule has 0 radical (unpaired) electrons. The third-order valence-electron chi connectivity index (χ3n) is 5.09. The van der Waals surface area contributed by atoms with E-state index in [9.17, 15) is 9.59 Å². The van der Waals surface area contributed by atoms with Crippen molar-refractivity contribution in [2.75, 3.05) is 6.54 Å². The molecule has 4 rings (SSSR count). The number of nitrogens with zero attached hydrogens (tertiary/aromatic N) is 4. The molecule has 1 N–H and O–H groups in total. The first-order valence-electron chi connectivity index (χ1n) is 9.81. The van der Waals surface area contributed by atoms with Crippen LogP contribution in [0.1, 0.15) is 28.0 Å². The van der Waals surface area contributed by atoms with Gasteiger partial charge in [0.1, 0.15) is 0 Å². The highest BCUT2D eigenvalue weighted by molar-refractivity contribution is 6.30. The molecule has 8 heteroatoms. The van der Waals surface area contributed by atoms with Gasteiger partial charge in [0.25, 0.3) is 5.91 Å². The fourth-order valence-electron chi connectivity index (χ4n) is 3.56. The molecule has 7 nitrogen and oxygen atoms in total. The van der Waals surface area contributed by atoms with Gasteiger partial charge in [-0.3, -0.25) is 14.3 Å². The summed E-state index contributed by atoms with van der Waals surface area (Å²) >= 11 is 5.87. The van der Waals surface area contributed by atoms with Gasteiger partial charge < -0.3 is 10.2 Å². The first kappa shape index (κ1) is 20.1. The predicted molar refractivity (Wildman–Crippen MR) is 113 cm³/mol. The molecule has 30 heavy (non-hydrogen) atoms. The Morgan fingerprint density at radius 1 is 1.10 bits per heavy atom. The molecule has 154 valence electrons. The summed E-state index contributed by atoms with van der Waals surface area (Å²) in [6.07, 6.45) is 2.10. The molecule has 0 spiro atoms. The number of likely N-dealkylation sites (tertiary alicyclic amines) is 1. The normalized spacial score (nSPS) is 16.1. The van der Waals surface area contributed by atoms with Gasteiger partial charge in [-0.15, -0.1) is 5.10 Å². The number of hydrogen-bond acceptors (Lipinski definition) is 4. The first-order chi connectivity index (χ1) is 14.6. The Morgan fingerprint density at radius 3 is 2.63 bits per heavy atom. The van der Waals surface area contributed by atoms with E-state index in [4.69, 9.17) is 11.6 Å². The van der Waals surface area contributed by atoms with Crippen LogP contribution in [0.5, 0.6) is 0 Å². The van der Waals surface area contributed by atoms with Crippen molar-refractivity contribution in [3.8, 4) is 0 Å².